The van der Waals surface area contributed by atoms with Crippen LogP contribution < -0.4 is 10.2 Å². The number of carboxylic acids is 1. The van der Waals surface area contributed by atoms with E-state index in [1.54, 1.807) is 36.4 Å². The van der Waals surface area contributed by atoms with Crippen LogP contribution in [0, 0.1) is 0 Å². The molecule has 0 aromatic heterocycles. The number of halogens is 1. The number of nitrogens with one attached hydrogen (secondary N) is 1. The number of carboxylic acid groups (broad SMARTS) is 1. The lowest BCUT2D eigenvalue weighted by atomic mass is 10.2. The predicted octanol–water partition coefficient (Wildman–Crippen LogP) is 3.05. The minimum atomic E-state index is -1.07. The molecule has 0 bridgehead atoms. The first kappa shape index (κ1) is 18.8. The van der Waals surface area contributed by atoms with Gasteiger partial charge >= 0.3 is 5.97 Å². The first-order valence-electron chi connectivity index (χ1n) is 7.18. The molecule has 2 rings (SSSR count). The fraction of sp³-hybridized carbons (Fsp3) is 0.118. The highest BCUT2D eigenvalue weighted by molar-refractivity contribution is 8.00. The average Bonchev–Trinajstić information content (AvgIpc) is 2.60. The number of benzene rings is 2. The largest absolute Gasteiger partial charge is 0.481 e. The highest BCUT2D eigenvalue weighted by Gasteiger charge is 2.04. The lowest BCUT2D eigenvalue weighted by Crippen LogP contribution is -2.19. The molecule has 0 fully saturated rings. The molecule has 0 aliphatic heterocycles. The maximum Gasteiger partial charge on any atom is 0.341 e. The van der Waals surface area contributed by atoms with Crippen molar-refractivity contribution in [3.05, 3.63) is 59.1 Å². The lowest BCUT2D eigenvalue weighted by molar-refractivity contribution is -0.139. The first-order chi connectivity index (χ1) is 12.0. The van der Waals surface area contributed by atoms with Crippen molar-refractivity contribution < 1.29 is 19.4 Å². The van der Waals surface area contributed by atoms with Crippen LogP contribution in [0.25, 0.3) is 0 Å². The van der Waals surface area contributed by atoms with Crippen molar-refractivity contribution in [2.24, 2.45) is 5.10 Å². The van der Waals surface area contributed by atoms with Gasteiger partial charge in [0.2, 0.25) is 5.91 Å². The second kappa shape index (κ2) is 9.71. The van der Waals surface area contributed by atoms with Crippen LogP contribution in [0.5, 0.6) is 5.75 Å². The van der Waals surface area contributed by atoms with Crippen LogP contribution in [-0.2, 0) is 9.59 Å². The van der Waals surface area contributed by atoms with Crippen molar-refractivity contribution in [1.82, 2.24) is 5.43 Å². The number of para-hydroxylation sites is 1. The van der Waals surface area contributed by atoms with E-state index in [-0.39, 0.29) is 11.7 Å². The highest BCUT2D eigenvalue weighted by Crippen LogP contribution is 2.20. The Morgan fingerprint density at radius 3 is 2.64 bits per heavy atom. The molecule has 2 aromatic rings. The number of hydrazone groups is 1. The van der Waals surface area contributed by atoms with Crippen molar-refractivity contribution in [3.63, 3.8) is 0 Å². The molecular formula is C17H15ClN2O4S. The molecule has 0 aliphatic rings. The zero-order valence-corrected chi connectivity index (χ0v) is 14.6. The molecule has 6 nitrogen and oxygen atoms in total. The third kappa shape index (κ3) is 6.86. The van der Waals surface area contributed by atoms with Crippen molar-refractivity contribution in [1.29, 1.82) is 0 Å². The van der Waals surface area contributed by atoms with Gasteiger partial charge in [-0.1, -0.05) is 23.7 Å². The number of hydrogen-bond acceptors (Lipinski definition) is 5. The molecule has 2 N–H and O–H groups in total. The summed E-state index contributed by atoms with van der Waals surface area (Å²) < 4.78 is 5.15. The van der Waals surface area contributed by atoms with E-state index in [0.29, 0.717) is 16.3 Å². The van der Waals surface area contributed by atoms with Crippen molar-refractivity contribution in [2.75, 3.05) is 12.4 Å². The Balaban J connectivity index is 1.84. The van der Waals surface area contributed by atoms with E-state index >= 15 is 0 Å². The lowest BCUT2D eigenvalue weighted by Gasteiger charge is -2.06. The van der Waals surface area contributed by atoms with Gasteiger partial charge in [-0.25, -0.2) is 10.2 Å². The van der Waals surface area contributed by atoms with Crippen LogP contribution in [0.3, 0.4) is 0 Å². The van der Waals surface area contributed by atoms with Crippen molar-refractivity contribution in [3.8, 4) is 5.75 Å². The summed E-state index contributed by atoms with van der Waals surface area (Å²) >= 11 is 7.17. The third-order valence-corrected chi connectivity index (χ3v) is 4.11. The number of nitrogens with zero attached hydrogens (tertiary/aromatic N) is 1. The SMILES string of the molecule is O=C(O)COc1ccccc1/C=N\NC(=O)CSc1ccc(Cl)cc1. The molecular weight excluding hydrogens is 364 g/mol. The van der Waals surface area contributed by atoms with Crippen LogP contribution in [0.4, 0.5) is 0 Å². The van der Waals surface area contributed by atoms with E-state index in [1.165, 1.54) is 18.0 Å². The van der Waals surface area contributed by atoms with Gasteiger partial charge in [-0.3, -0.25) is 4.79 Å². The minimum absolute atomic E-state index is 0.204. The molecule has 0 heterocycles. The molecule has 0 spiro atoms. The number of ether oxygens (including phenoxy) is 1. The van der Waals surface area contributed by atoms with Gasteiger partial charge < -0.3 is 9.84 Å². The van der Waals surface area contributed by atoms with Crippen LogP contribution in [0.1, 0.15) is 5.56 Å². The molecule has 0 aliphatic carbocycles. The smallest absolute Gasteiger partial charge is 0.341 e. The second-order valence-corrected chi connectivity index (χ2v) is 6.24. The Morgan fingerprint density at radius 2 is 1.92 bits per heavy atom. The minimum Gasteiger partial charge on any atom is -0.481 e. The van der Waals surface area contributed by atoms with E-state index in [2.05, 4.69) is 10.5 Å². The number of hydrogen-bond donors (Lipinski definition) is 2. The maximum atomic E-state index is 11.8. The molecule has 2 aromatic carbocycles. The summed E-state index contributed by atoms with van der Waals surface area (Å²) in [6.45, 7) is -0.449. The van der Waals surface area contributed by atoms with Gasteiger partial charge in [0.05, 0.1) is 12.0 Å². The molecule has 0 unspecified atom stereocenters. The molecule has 0 saturated heterocycles. The molecule has 0 atom stereocenters. The number of thioether (sulfide) groups is 1. The Bertz CT molecular complexity index is 765. The predicted molar refractivity (Wildman–Crippen MR) is 97.5 cm³/mol. The zero-order valence-electron chi connectivity index (χ0n) is 13.0. The average molecular weight is 379 g/mol. The van der Waals surface area contributed by atoms with Crippen molar-refractivity contribution in [2.45, 2.75) is 4.90 Å². The Hall–Kier alpha value is -2.51. The second-order valence-electron chi connectivity index (χ2n) is 4.76. The molecule has 0 radical (unpaired) electrons. The van der Waals surface area contributed by atoms with E-state index in [9.17, 15) is 9.59 Å². The fourth-order valence-corrected chi connectivity index (χ4v) is 2.56. The van der Waals surface area contributed by atoms with Crippen LogP contribution >= 0.6 is 23.4 Å². The number of amides is 1. The van der Waals surface area contributed by atoms with Crippen molar-refractivity contribution >= 4 is 41.5 Å². The third-order valence-electron chi connectivity index (χ3n) is 2.85. The molecule has 130 valence electrons. The van der Waals surface area contributed by atoms with Gasteiger partial charge in [0.1, 0.15) is 5.75 Å². The van der Waals surface area contributed by atoms with Gasteiger partial charge in [-0.05, 0) is 36.4 Å². The number of aliphatic carboxylic acids is 1. The quantitative estimate of drug-likeness (QED) is 0.418. The Labute approximate surface area is 153 Å². The Morgan fingerprint density at radius 1 is 1.20 bits per heavy atom. The van der Waals surface area contributed by atoms with E-state index in [0.717, 1.165) is 4.90 Å². The number of carbonyl (C=O) groups excluding carboxylic acids is 1. The summed E-state index contributed by atoms with van der Waals surface area (Å²) in [6, 6.07) is 14.0. The first-order valence-corrected chi connectivity index (χ1v) is 8.55. The maximum absolute atomic E-state index is 11.8. The van der Waals surface area contributed by atoms with E-state index in [4.69, 9.17) is 21.4 Å². The Kier molecular flexibility index (Phi) is 7.31. The summed E-state index contributed by atoms with van der Waals surface area (Å²) in [6.07, 6.45) is 1.40. The summed E-state index contributed by atoms with van der Waals surface area (Å²) in [5, 5.41) is 13.2. The standard InChI is InChI=1S/C17H15ClN2O4S/c18-13-5-7-14(8-6-13)25-11-16(21)20-19-9-12-3-1-2-4-15(12)24-10-17(22)23/h1-9H,10-11H2,(H,20,21)(H,22,23)/b19-9-. The summed E-state index contributed by atoms with van der Waals surface area (Å²) in [7, 11) is 0. The highest BCUT2D eigenvalue weighted by atomic mass is 35.5. The van der Waals surface area contributed by atoms with Gasteiger partial charge in [-0.2, -0.15) is 5.10 Å². The summed E-state index contributed by atoms with van der Waals surface area (Å²) in [4.78, 5) is 23.3. The van der Waals surface area contributed by atoms with Crippen LogP contribution in [0.2, 0.25) is 5.02 Å². The van der Waals surface area contributed by atoms with E-state index < -0.39 is 12.6 Å². The van der Waals surface area contributed by atoms with Gasteiger partial charge in [-0.15, -0.1) is 11.8 Å². The monoisotopic (exact) mass is 378 g/mol. The molecule has 8 heteroatoms. The summed E-state index contributed by atoms with van der Waals surface area (Å²) in [5.74, 6) is -0.756. The topological polar surface area (TPSA) is 88.0 Å². The van der Waals surface area contributed by atoms with Gasteiger partial charge in [0, 0.05) is 15.5 Å². The van der Waals surface area contributed by atoms with Crippen LogP contribution in [-0.4, -0.2) is 35.6 Å². The van der Waals surface area contributed by atoms with Crippen LogP contribution in [0.15, 0.2) is 58.5 Å². The summed E-state index contributed by atoms with van der Waals surface area (Å²) in [5.41, 5.74) is 2.98. The zero-order chi connectivity index (χ0) is 18.1. The van der Waals surface area contributed by atoms with E-state index in [1.807, 2.05) is 12.1 Å². The molecule has 25 heavy (non-hydrogen) atoms. The molecule has 0 saturated carbocycles. The van der Waals surface area contributed by atoms with Gasteiger partial charge in [0.15, 0.2) is 6.61 Å². The molecule has 1 amide bonds. The number of carbonyl (C=O) groups is 2. The number of rotatable bonds is 8. The van der Waals surface area contributed by atoms with Gasteiger partial charge in [0.25, 0.3) is 0 Å². The fourth-order valence-electron chi connectivity index (χ4n) is 1.74. The normalized spacial score (nSPS) is 10.6.